The van der Waals surface area contributed by atoms with Gasteiger partial charge in [0.2, 0.25) is 0 Å². The fourth-order valence-electron chi connectivity index (χ4n) is 5.18. The fourth-order valence-corrected chi connectivity index (χ4v) is 5.18. The molecule has 0 radical (unpaired) electrons. The van der Waals surface area contributed by atoms with Gasteiger partial charge in [0.1, 0.15) is 23.0 Å². The van der Waals surface area contributed by atoms with Crippen molar-refractivity contribution in [3.05, 3.63) is 119 Å². The lowest BCUT2D eigenvalue weighted by Crippen LogP contribution is -2.25. The summed E-state index contributed by atoms with van der Waals surface area (Å²) in [5, 5.41) is 39.3. The molecule has 0 aliphatic rings. The summed E-state index contributed by atoms with van der Waals surface area (Å²) in [7, 11) is 0. The topological polar surface area (TPSA) is 80.9 Å². The van der Waals surface area contributed by atoms with Gasteiger partial charge >= 0.3 is 0 Å². The molecule has 0 fully saturated rings. The number of aromatic hydroxyl groups is 4. The van der Waals surface area contributed by atoms with Gasteiger partial charge in [0.15, 0.2) is 0 Å². The molecule has 0 bridgehead atoms. The van der Waals surface area contributed by atoms with Gasteiger partial charge in [0.25, 0.3) is 0 Å². The molecule has 0 spiro atoms. The summed E-state index contributed by atoms with van der Waals surface area (Å²) in [6.45, 7) is 4.43. The van der Waals surface area contributed by atoms with E-state index in [1.165, 1.54) is 0 Å². The van der Waals surface area contributed by atoms with Crippen LogP contribution >= 0.6 is 0 Å². The van der Waals surface area contributed by atoms with Gasteiger partial charge in [-0.3, -0.25) is 0 Å². The molecule has 186 valence electrons. The van der Waals surface area contributed by atoms with Crippen molar-refractivity contribution in [2.75, 3.05) is 0 Å². The molecule has 4 nitrogen and oxygen atoms in total. The first kappa shape index (κ1) is 25.2. The van der Waals surface area contributed by atoms with E-state index in [1.54, 1.807) is 48.5 Å². The van der Waals surface area contributed by atoms with E-state index in [1.807, 2.05) is 48.5 Å². The van der Waals surface area contributed by atoms with E-state index < -0.39 is 0 Å². The fraction of sp³-hybridized carbons (Fsp3) is 0.250. The summed E-state index contributed by atoms with van der Waals surface area (Å²) in [5.41, 5.74) is 3.90. The van der Waals surface area contributed by atoms with E-state index in [2.05, 4.69) is 13.8 Å². The summed E-state index contributed by atoms with van der Waals surface area (Å²) in [4.78, 5) is 0. The highest BCUT2D eigenvalue weighted by Gasteiger charge is 2.31. The normalized spacial score (nSPS) is 11.9. The quantitative estimate of drug-likeness (QED) is 0.188. The van der Waals surface area contributed by atoms with Gasteiger partial charge in [-0.05, 0) is 83.6 Å². The molecule has 4 aromatic rings. The van der Waals surface area contributed by atoms with Crippen molar-refractivity contribution in [1.82, 2.24) is 0 Å². The lowest BCUT2D eigenvalue weighted by molar-refractivity contribution is 0.431. The predicted octanol–water partition coefficient (Wildman–Crippen LogP) is 7.38. The van der Waals surface area contributed by atoms with Gasteiger partial charge in [-0.1, -0.05) is 75.2 Å². The van der Waals surface area contributed by atoms with Crippen molar-refractivity contribution in [3.8, 4) is 23.0 Å². The Morgan fingerprint density at radius 2 is 0.583 bits per heavy atom. The van der Waals surface area contributed by atoms with Gasteiger partial charge in [0, 0.05) is 10.8 Å². The Labute approximate surface area is 213 Å². The summed E-state index contributed by atoms with van der Waals surface area (Å²) >= 11 is 0. The number of phenols is 4. The highest BCUT2D eigenvalue weighted by Crippen LogP contribution is 2.41. The van der Waals surface area contributed by atoms with Crippen LogP contribution in [0.1, 0.15) is 61.8 Å². The third-order valence-electron chi connectivity index (χ3n) is 7.62. The number of benzene rings is 4. The predicted molar refractivity (Wildman–Crippen MR) is 144 cm³/mol. The Hall–Kier alpha value is -3.92. The molecule has 36 heavy (non-hydrogen) atoms. The zero-order chi connectivity index (χ0) is 25.8. The van der Waals surface area contributed by atoms with Crippen molar-refractivity contribution in [2.45, 2.75) is 50.4 Å². The zero-order valence-corrected chi connectivity index (χ0v) is 20.9. The molecule has 0 heterocycles. The van der Waals surface area contributed by atoms with E-state index in [0.717, 1.165) is 47.9 Å². The van der Waals surface area contributed by atoms with Crippen LogP contribution in [-0.4, -0.2) is 20.4 Å². The van der Waals surface area contributed by atoms with Crippen LogP contribution in [0.15, 0.2) is 97.1 Å². The summed E-state index contributed by atoms with van der Waals surface area (Å²) in [6.07, 6.45) is 3.71. The Morgan fingerprint density at radius 3 is 0.778 bits per heavy atom. The molecule has 4 rings (SSSR count). The van der Waals surface area contributed by atoms with E-state index >= 15 is 0 Å². The van der Waals surface area contributed by atoms with Crippen molar-refractivity contribution < 1.29 is 20.4 Å². The average Bonchev–Trinajstić information content (AvgIpc) is 2.88. The van der Waals surface area contributed by atoms with Crippen LogP contribution in [0, 0.1) is 0 Å². The molecule has 0 amide bonds. The van der Waals surface area contributed by atoms with Crippen molar-refractivity contribution >= 4 is 0 Å². The molecule has 4 aromatic carbocycles. The van der Waals surface area contributed by atoms with E-state index in [0.29, 0.717) is 0 Å². The lowest BCUT2D eigenvalue weighted by Gasteiger charge is -2.34. The van der Waals surface area contributed by atoms with Gasteiger partial charge in [-0.25, -0.2) is 0 Å². The van der Waals surface area contributed by atoms with E-state index in [-0.39, 0.29) is 33.8 Å². The van der Waals surface area contributed by atoms with Gasteiger partial charge in [0.05, 0.1) is 0 Å². The third-order valence-corrected chi connectivity index (χ3v) is 7.62. The average molecular weight is 483 g/mol. The summed E-state index contributed by atoms with van der Waals surface area (Å²) < 4.78 is 0. The van der Waals surface area contributed by atoms with Crippen LogP contribution < -0.4 is 0 Å². The highest BCUT2D eigenvalue weighted by atomic mass is 16.3. The Balaban J connectivity index is 1.57. The maximum atomic E-state index is 9.82. The van der Waals surface area contributed by atoms with Crippen molar-refractivity contribution in [1.29, 1.82) is 0 Å². The summed E-state index contributed by atoms with van der Waals surface area (Å²) in [5.74, 6) is 0.964. The van der Waals surface area contributed by atoms with Crippen LogP contribution in [-0.2, 0) is 10.8 Å². The van der Waals surface area contributed by atoms with Crippen LogP contribution in [0.5, 0.6) is 23.0 Å². The third kappa shape index (κ3) is 5.33. The number of unbranched alkanes of at least 4 members (excludes halogenated alkanes) is 1. The largest absolute Gasteiger partial charge is 0.508 e. The number of hydrogen-bond donors (Lipinski definition) is 4. The molecular weight excluding hydrogens is 448 g/mol. The molecule has 0 saturated carbocycles. The zero-order valence-electron chi connectivity index (χ0n) is 20.9. The highest BCUT2D eigenvalue weighted by molar-refractivity contribution is 5.43. The molecule has 0 saturated heterocycles. The van der Waals surface area contributed by atoms with E-state index in [4.69, 9.17) is 0 Å². The first-order chi connectivity index (χ1) is 17.2. The van der Waals surface area contributed by atoms with Crippen LogP contribution in [0.2, 0.25) is 0 Å². The van der Waals surface area contributed by atoms with Crippen molar-refractivity contribution in [3.63, 3.8) is 0 Å². The smallest absolute Gasteiger partial charge is 0.115 e. The maximum absolute atomic E-state index is 9.82. The first-order valence-corrected chi connectivity index (χ1v) is 12.4. The molecule has 0 aliphatic carbocycles. The van der Waals surface area contributed by atoms with Crippen LogP contribution in [0.4, 0.5) is 0 Å². The second-order valence-corrected chi connectivity index (χ2v) is 10.1. The number of rotatable bonds is 9. The van der Waals surface area contributed by atoms with E-state index in [9.17, 15) is 20.4 Å². The van der Waals surface area contributed by atoms with Crippen molar-refractivity contribution in [2.24, 2.45) is 0 Å². The molecule has 0 unspecified atom stereocenters. The Kier molecular flexibility index (Phi) is 7.25. The number of phenolic OH excluding ortho intramolecular Hbond substituents is 4. The van der Waals surface area contributed by atoms with Gasteiger partial charge in [-0.15, -0.1) is 0 Å². The molecule has 4 heteroatoms. The maximum Gasteiger partial charge on any atom is 0.115 e. The minimum atomic E-state index is -0.283. The number of hydrogen-bond acceptors (Lipinski definition) is 4. The van der Waals surface area contributed by atoms with Crippen LogP contribution in [0.25, 0.3) is 0 Å². The molecular formula is C32H34O4. The monoisotopic (exact) mass is 482 g/mol. The Bertz CT molecular complexity index is 1060. The van der Waals surface area contributed by atoms with Crippen LogP contribution in [0.3, 0.4) is 0 Å². The standard InChI is InChI=1S/C32H34O4/c1-31(23-5-13-27(33)14-6-23,24-7-15-28(34)16-8-24)21-3-4-22-32(2,25-9-17-29(35)18-10-25)26-11-19-30(36)20-12-26/h5-20,33-36H,3-4,21-22H2,1-2H3. The van der Waals surface area contributed by atoms with Gasteiger partial charge < -0.3 is 20.4 Å². The SMILES string of the molecule is CC(CCCCC(C)(c1ccc(O)cc1)c1ccc(O)cc1)(c1ccc(O)cc1)c1ccc(O)cc1. The summed E-state index contributed by atoms with van der Waals surface area (Å²) in [6, 6.07) is 29.6. The lowest BCUT2D eigenvalue weighted by atomic mass is 9.70. The molecule has 0 aromatic heterocycles. The second kappa shape index (κ2) is 10.4. The van der Waals surface area contributed by atoms with Gasteiger partial charge in [-0.2, -0.15) is 0 Å². The Morgan fingerprint density at radius 1 is 0.389 bits per heavy atom. The molecule has 0 aliphatic heterocycles. The molecule has 4 N–H and O–H groups in total. The first-order valence-electron chi connectivity index (χ1n) is 12.4. The molecule has 0 atom stereocenters. The minimum Gasteiger partial charge on any atom is -0.508 e. The second-order valence-electron chi connectivity index (χ2n) is 10.1. The minimum absolute atomic E-state index is 0.241.